The number of nitrogens with two attached hydrogens (primary N) is 1. The molecular weight excluding hydrogens is 406 g/mol. The summed E-state index contributed by atoms with van der Waals surface area (Å²) in [5.41, 5.74) is 15.1. The van der Waals surface area contributed by atoms with Crippen molar-refractivity contribution in [3.05, 3.63) is 35.0 Å². The minimum Gasteiger partial charge on any atom is -0.356 e. The molecule has 6 rings (SSSR count). The third-order valence-electron chi connectivity index (χ3n) is 7.09. The Labute approximate surface area is 186 Å². The van der Waals surface area contributed by atoms with Crippen molar-refractivity contribution in [3.8, 4) is 11.4 Å². The van der Waals surface area contributed by atoms with Gasteiger partial charge in [-0.05, 0) is 68.6 Å². The number of anilines is 1. The van der Waals surface area contributed by atoms with Crippen LogP contribution in [0.1, 0.15) is 42.5 Å². The molecule has 1 aliphatic carbocycles. The smallest absolute Gasteiger partial charge is 0.164 e. The van der Waals surface area contributed by atoms with E-state index in [1.165, 1.54) is 35.1 Å². The minimum atomic E-state index is 0.0730. The van der Waals surface area contributed by atoms with Crippen LogP contribution in [0.15, 0.2) is 24.5 Å². The first-order valence-corrected chi connectivity index (χ1v) is 12.3. The Balaban J connectivity index is 1.36. The van der Waals surface area contributed by atoms with Crippen LogP contribution >= 0.6 is 11.3 Å². The van der Waals surface area contributed by atoms with Crippen LogP contribution in [0.4, 0.5) is 5.82 Å². The highest BCUT2D eigenvalue weighted by molar-refractivity contribution is 7.19. The maximum Gasteiger partial charge on any atom is 0.164 e. The van der Waals surface area contributed by atoms with E-state index in [-0.39, 0.29) is 6.17 Å². The Kier molecular flexibility index (Phi) is 5.10. The zero-order chi connectivity index (χ0) is 20.8. The molecule has 0 saturated carbocycles. The molecule has 2 fully saturated rings. The van der Waals surface area contributed by atoms with Gasteiger partial charge in [-0.25, -0.2) is 15.4 Å². The standard InChI is InChI=1S/C23H29N7S/c24-19-12-17(28-29-19)14-7-10-30(11-8-14)22-20-16-5-1-2-6-18(16)31-23(20)27-21(26-22)15-4-3-9-25-13-15/h3-4,9,13-14,17,19,28-29H,1-2,5-8,10-12,24H2. The number of aryl methyl sites for hydroxylation is 2. The van der Waals surface area contributed by atoms with Crippen molar-refractivity contribution in [3.63, 3.8) is 0 Å². The van der Waals surface area contributed by atoms with Crippen molar-refractivity contribution in [1.82, 2.24) is 25.8 Å². The molecule has 0 spiro atoms. The van der Waals surface area contributed by atoms with E-state index in [0.29, 0.717) is 12.0 Å². The Hall–Kier alpha value is -2.13. The predicted octanol–water partition coefficient (Wildman–Crippen LogP) is 3.00. The van der Waals surface area contributed by atoms with E-state index in [9.17, 15) is 0 Å². The minimum absolute atomic E-state index is 0.0730. The average Bonchev–Trinajstić information content (AvgIpc) is 3.42. The van der Waals surface area contributed by atoms with Crippen molar-refractivity contribution in [2.75, 3.05) is 18.0 Å². The highest BCUT2D eigenvalue weighted by Crippen LogP contribution is 2.41. The number of fused-ring (bicyclic) bond motifs is 3. The van der Waals surface area contributed by atoms with Gasteiger partial charge in [0.2, 0.25) is 0 Å². The number of nitrogens with one attached hydrogen (secondary N) is 2. The van der Waals surface area contributed by atoms with Gasteiger partial charge in [0.1, 0.15) is 10.6 Å². The molecule has 0 radical (unpaired) electrons. The second kappa shape index (κ2) is 8.09. The van der Waals surface area contributed by atoms with Crippen LogP contribution < -0.4 is 21.5 Å². The number of nitrogens with zero attached hydrogens (tertiary/aromatic N) is 4. The summed E-state index contributed by atoms with van der Waals surface area (Å²) >= 11 is 1.88. The molecule has 3 aromatic rings. The van der Waals surface area contributed by atoms with Gasteiger partial charge in [0, 0.05) is 42.0 Å². The molecule has 3 aliphatic rings. The molecule has 0 bridgehead atoms. The molecule has 5 heterocycles. The first-order chi connectivity index (χ1) is 15.3. The van der Waals surface area contributed by atoms with Crippen molar-refractivity contribution < 1.29 is 0 Å². The third-order valence-corrected chi connectivity index (χ3v) is 8.27. The van der Waals surface area contributed by atoms with Crippen LogP contribution in [0.2, 0.25) is 0 Å². The van der Waals surface area contributed by atoms with Crippen molar-refractivity contribution >= 4 is 27.4 Å². The quantitative estimate of drug-likeness (QED) is 0.582. The molecule has 3 aromatic heterocycles. The normalized spacial score (nSPS) is 24.6. The van der Waals surface area contributed by atoms with Gasteiger partial charge < -0.3 is 10.6 Å². The lowest BCUT2D eigenvalue weighted by atomic mass is 9.88. The van der Waals surface area contributed by atoms with E-state index in [2.05, 4.69) is 26.8 Å². The molecule has 2 saturated heterocycles. The molecule has 8 heteroatoms. The van der Waals surface area contributed by atoms with Gasteiger partial charge in [-0.15, -0.1) is 11.3 Å². The van der Waals surface area contributed by atoms with Gasteiger partial charge in [0.15, 0.2) is 5.82 Å². The fourth-order valence-electron chi connectivity index (χ4n) is 5.42. The summed E-state index contributed by atoms with van der Waals surface area (Å²) < 4.78 is 0. The van der Waals surface area contributed by atoms with E-state index in [0.717, 1.165) is 60.8 Å². The molecule has 162 valence electrons. The zero-order valence-corrected chi connectivity index (χ0v) is 18.5. The van der Waals surface area contributed by atoms with E-state index in [1.54, 1.807) is 6.20 Å². The largest absolute Gasteiger partial charge is 0.356 e. The number of rotatable bonds is 3. The summed E-state index contributed by atoms with van der Waals surface area (Å²) in [7, 11) is 0. The summed E-state index contributed by atoms with van der Waals surface area (Å²) in [6, 6.07) is 4.49. The van der Waals surface area contributed by atoms with E-state index >= 15 is 0 Å². The molecule has 7 nitrogen and oxygen atoms in total. The Morgan fingerprint density at radius 2 is 1.97 bits per heavy atom. The van der Waals surface area contributed by atoms with Crippen molar-refractivity contribution in [2.45, 2.75) is 57.2 Å². The average molecular weight is 436 g/mol. The number of pyridine rings is 1. The maximum absolute atomic E-state index is 6.03. The summed E-state index contributed by atoms with van der Waals surface area (Å²) in [6.07, 6.45) is 12.0. The van der Waals surface area contributed by atoms with Crippen LogP contribution in [-0.2, 0) is 12.8 Å². The predicted molar refractivity (Wildman–Crippen MR) is 125 cm³/mol. The summed E-state index contributed by atoms with van der Waals surface area (Å²) in [5.74, 6) is 2.59. The number of hydrazine groups is 1. The first-order valence-electron chi connectivity index (χ1n) is 11.5. The van der Waals surface area contributed by atoms with Crippen LogP contribution in [0.3, 0.4) is 0 Å². The number of aromatic nitrogens is 3. The number of thiophene rings is 1. The molecule has 0 aromatic carbocycles. The Bertz CT molecular complexity index is 1070. The van der Waals surface area contributed by atoms with Gasteiger partial charge in [-0.3, -0.25) is 10.4 Å². The van der Waals surface area contributed by atoms with Crippen molar-refractivity contribution in [1.29, 1.82) is 0 Å². The fourth-order valence-corrected chi connectivity index (χ4v) is 6.68. The van der Waals surface area contributed by atoms with Gasteiger partial charge >= 0.3 is 0 Å². The molecule has 31 heavy (non-hydrogen) atoms. The Morgan fingerprint density at radius 3 is 2.74 bits per heavy atom. The summed E-state index contributed by atoms with van der Waals surface area (Å²) in [6.45, 7) is 2.06. The van der Waals surface area contributed by atoms with Gasteiger partial charge in [-0.1, -0.05) is 0 Å². The molecule has 2 atom stereocenters. The molecule has 4 N–H and O–H groups in total. The maximum atomic E-state index is 6.03. The Morgan fingerprint density at radius 1 is 1.10 bits per heavy atom. The highest BCUT2D eigenvalue weighted by atomic mass is 32.1. The lowest BCUT2D eigenvalue weighted by molar-refractivity contribution is 0.310. The lowest BCUT2D eigenvalue weighted by Crippen LogP contribution is -2.43. The molecule has 0 amide bonds. The topological polar surface area (TPSA) is 92.0 Å². The number of hydrogen-bond donors (Lipinski definition) is 3. The van der Waals surface area contributed by atoms with E-state index in [1.807, 2.05) is 23.6 Å². The molecule has 2 aliphatic heterocycles. The highest BCUT2D eigenvalue weighted by Gasteiger charge is 2.33. The fraction of sp³-hybridized carbons (Fsp3) is 0.522. The monoisotopic (exact) mass is 435 g/mol. The van der Waals surface area contributed by atoms with Gasteiger partial charge in [0.05, 0.1) is 11.6 Å². The second-order valence-electron chi connectivity index (χ2n) is 9.07. The van der Waals surface area contributed by atoms with E-state index < -0.39 is 0 Å². The summed E-state index contributed by atoms with van der Waals surface area (Å²) in [5, 5.41) is 1.31. The number of piperidine rings is 1. The summed E-state index contributed by atoms with van der Waals surface area (Å²) in [4.78, 5) is 19.6. The third kappa shape index (κ3) is 3.61. The van der Waals surface area contributed by atoms with Gasteiger partial charge in [0.25, 0.3) is 0 Å². The van der Waals surface area contributed by atoms with Crippen LogP contribution in [0.5, 0.6) is 0 Å². The van der Waals surface area contributed by atoms with Crippen LogP contribution in [-0.4, -0.2) is 40.2 Å². The molecular formula is C23H29N7S. The van der Waals surface area contributed by atoms with Crippen molar-refractivity contribution in [2.24, 2.45) is 11.7 Å². The number of hydrogen-bond acceptors (Lipinski definition) is 8. The van der Waals surface area contributed by atoms with Gasteiger partial charge in [-0.2, -0.15) is 0 Å². The van der Waals surface area contributed by atoms with Crippen LogP contribution in [0, 0.1) is 5.92 Å². The second-order valence-corrected chi connectivity index (χ2v) is 10.1. The first kappa shape index (κ1) is 19.5. The van der Waals surface area contributed by atoms with Crippen LogP contribution in [0.25, 0.3) is 21.6 Å². The van der Waals surface area contributed by atoms with E-state index in [4.69, 9.17) is 15.7 Å². The SMILES string of the molecule is NC1CC(C2CCN(c3nc(-c4cccnc4)nc4sc5c(c34)CCCC5)CC2)NN1. The zero-order valence-electron chi connectivity index (χ0n) is 17.7. The molecule has 2 unspecified atom stereocenters. The lowest BCUT2D eigenvalue weighted by Gasteiger charge is -2.35.